The van der Waals surface area contributed by atoms with Gasteiger partial charge in [-0.1, -0.05) is 25.0 Å². The van der Waals surface area contributed by atoms with E-state index in [2.05, 4.69) is 65.2 Å². The van der Waals surface area contributed by atoms with Gasteiger partial charge in [-0.25, -0.2) is 9.78 Å². The molecule has 1 amide bonds. The Balaban J connectivity index is 0.000000644. The van der Waals surface area contributed by atoms with Crippen LogP contribution in [0.4, 0.5) is 19.0 Å². The average Bonchev–Trinajstić information content (AvgIpc) is 3.55. The molecular formula is C32H42BrF3N8O3. The SMILES string of the molecule is CN1CCCC(CN2CCN(Cc3ccc(C(=O)NN(CC4CCCC4)c4nc(C#N)ncc4Br)cc3)CC2)C1.O=C(O)C(F)(F)F. The predicted octanol–water partition coefficient (Wildman–Crippen LogP) is 4.55. The highest BCUT2D eigenvalue weighted by Gasteiger charge is 2.38. The summed E-state index contributed by atoms with van der Waals surface area (Å²) in [7, 11) is 2.24. The number of hydrogen-bond acceptors (Lipinski definition) is 9. The van der Waals surface area contributed by atoms with Crippen molar-refractivity contribution in [1.82, 2.24) is 30.1 Å². The standard InChI is InChI=1S/C30H41BrN8O.C2HF3O2/c1-36-12-4-7-25(19-36)21-38-15-13-37(14-16-38)20-24-8-10-26(11-9-24)30(40)35-39(22-23-5-2-3-6-23)29-27(31)18-33-28(17-32)34-29;3-2(4,5)1(6)7/h8-11,18,23,25H,2-7,12-16,19-22H2,1H3,(H,35,40);(H,6,7). The highest BCUT2D eigenvalue weighted by atomic mass is 79.9. The Morgan fingerprint density at radius 1 is 1.04 bits per heavy atom. The smallest absolute Gasteiger partial charge is 0.475 e. The van der Waals surface area contributed by atoms with E-state index in [0.717, 1.165) is 51.5 Å². The zero-order valence-electron chi connectivity index (χ0n) is 26.6. The summed E-state index contributed by atoms with van der Waals surface area (Å²) >= 11 is 3.51. The Hall–Kier alpha value is -3.32. The van der Waals surface area contributed by atoms with Crippen molar-refractivity contribution in [2.24, 2.45) is 11.8 Å². The van der Waals surface area contributed by atoms with Gasteiger partial charge in [-0.05, 0) is 84.7 Å². The number of hydrogen-bond donors (Lipinski definition) is 2. The van der Waals surface area contributed by atoms with Gasteiger partial charge in [0.25, 0.3) is 5.91 Å². The van der Waals surface area contributed by atoms with Crippen LogP contribution in [0.2, 0.25) is 0 Å². The van der Waals surface area contributed by atoms with Crippen molar-refractivity contribution in [3.8, 4) is 6.07 Å². The minimum absolute atomic E-state index is 0.0793. The molecule has 1 unspecified atom stereocenters. The molecule has 0 radical (unpaired) electrons. The van der Waals surface area contributed by atoms with Crippen molar-refractivity contribution in [2.45, 2.75) is 51.2 Å². The first-order valence-electron chi connectivity index (χ1n) is 15.9. The van der Waals surface area contributed by atoms with Gasteiger partial charge in [0, 0.05) is 64.1 Å². The Morgan fingerprint density at radius 2 is 1.66 bits per heavy atom. The third kappa shape index (κ3) is 11.4. The number of carbonyl (C=O) groups is 2. The van der Waals surface area contributed by atoms with E-state index in [4.69, 9.17) is 9.90 Å². The molecule has 1 atom stereocenters. The molecule has 2 aliphatic heterocycles. The van der Waals surface area contributed by atoms with Gasteiger partial charge in [-0.3, -0.25) is 20.1 Å². The molecular weight excluding hydrogens is 681 g/mol. The van der Waals surface area contributed by atoms with Crippen LogP contribution in [-0.2, 0) is 11.3 Å². The van der Waals surface area contributed by atoms with E-state index in [1.807, 2.05) is 18.2 Å². The zero-order valence-corrected chi connectivity index (χ0v) is 28.1. The number of likely N-dealkylation sites (tertiary alicyclic amines) is 1. The van der Waals surface area contributed by atoms with Crippen LogP contribution in [0.5, 0.6) is 0 Å². The van der Waals surface area contributed by atoms with Crippen LogP contribution < -0.4 is 10.4 Å². The van der Waals surface area contributed by atoms with E-state index in [1.54, 1.807) is 11.2 Å². The number of alkyl halides is 3. The van der Waals surface area contributed by atoms with Crippen LogP contribution in [0, 0.1) is 23.2 Å². The molecule has 2 N–H and O–H groups in total. The predicted molar refractivity (Wildman–Crippen MR) is 173 cm³/mol. The monoisotopic (exact) mass is 722 g/mol. The number of carbonyl (C=O) groups excluding carboxylic acids is 1. The number of carboxylic acid groups (broad SMARTS) is 1. The van der Waals surface area contributed by atoms with Gasteiger partial charge in [0.15, 0.2) is 5.82 Å². The largest absolute Gasteiger partial charge is 0.490 e. The molecule has 256 valence electrons. The molecule has 1 aromatic carbocycles. The quantitative estimate of drug-likeness (QED) is 0.356. The van der Waals surface area contributed by atoms with E-state index in [0.29, 0.717) is 28.3 Å². The van der Waals surface area contributed by atoms with Crippen molar-refractivity contribution >= 4 is 33.6 Å². The van der Waals surface area contributed by atoms with Crippen LogP contribution in [0.15, 0.2) is 34.9 Å². The maximum absolute atomic E-state index is 13.3. The lowest BCUT2D eigenvalue weighted by Crippen LogP contribution is -2.48. The van der Waals surface area contributed by atoms with Gasteiger partial charge in [-0.15, -0.1) is 0 Å². The van der Waals surface area contributed by atoms with Crippen LogP contribution in [0.3, 0.4) is 0 Å². The summed E-state index contributed by atoms with van der Waals surface area (Å²) < 4.78 is 32.4. The molecule has 3 heterocycles. The summed E-state index contributed by atoms with van der Waals surface area (Å²) in [5.74, 6) is -1.07. The molecule has 5 rings (SSSR count). The van der Waals surface area contributed by atoms with Crippen LogP contribution >= 0.6 is 15.9 Å². The van der Waals surface area contributed by atoms with Gasteiger partial charge in [0.1, 0.15) is 6.07 Å². The Labute approximate surface area is 281 Å². The fourth-order valence-electron chi connectivity index (χ4n) is 6.36. The van der Waals surface area contributed by atoms with Crippen LogP contribution in [0.25, 0.3) is 0 Å². The number of carboxylic acids is 1. The van der Waals surface area contributed by atoms with Gasteiger partial charge in [0.05, 0.1) is 4.47 Å². The second-order valence-corrected chi connectivity index (χ2v) is 13.4. The summed E-state index contributed by atoms with van der Waals surface area (Å²) in [5.41, 5.74) is 4.88. The number of piperazine rings is 1. The summed E-state index contributed by atoms with van der Waals surface area (Å²) in [5, 5.41) is 18.2. The molecule has 3 aliphatic rings. The number of aromatic nitrogens is 2. The normalized spacial score (nSPS) is 19.8. The first kappa shape index (κ1) is 36.5. The zero-order chi connectivity index (χ0) is 34.0. The molecule has 11 nitrogen and oxygen atoms in total. The van der Waals surface area contributed by atoms with Crippen molar-refractivity contribution in [3.05, 3.63) is 51.9 Å². The van der Waals surface area contributed by atoms with Gasteiger partial charge in [-0.2, -0.15) is 23.4 Å². The molecule has 1 aliphatic carbocycles. The van der Waals surface area contributed by atoms with Crippen molar-refractivity contribution in [2.75, 3.05) is 64.4 Å². The third-order valence-electron chi connectivity index (χ3n) is 8.80. The first-order chi connectivity index (χ1) is 22.4. The third-order valence-corrected chi connectivity index (χ3v) is 9.36. The van der Waals surface area contributed by atoms with Gasteiger partial charge < -0.3 is 14.9 Å². The number of aliphatic carboxylic acids is 1. The fourth-order valence-corrected chi connectivity index (χ4v) is 6.77. The number of benzene rings is 1. The summed E-state index contributed by atoms with van der Waals surface area (Å²) in [6, 6.07) is 9.94. The summed E-state index contributed by atoms with van der Waals surface area (Å²) in [6.07, 6.45) is 3.83. The molecule has 47 heavy (non-hydrogen) atoms. The molecule has 0 spiro atoms. The number of nitrogens with one attached hydrogen (secondary N) is 1. The number of hydrazine groups is 1. The molecule has 15 heteroatoms. The maximum Gasteiger partial charge on any atom is 0.490 e. The minimum atomic E-state index is -5.08. The number of anilines is 1. The summed E-state index contributed by atoms with van der Waals surface area (Å²) in [6.45, 7) is 9.67. The second kappa shape index (κ2) is 17.2. The van der Waals surface area contributed by atoms with Gasteiger partial charge in [0.2, 0.25) is 5.82 Å². The summed E-state index contributed by atoms with van der Waals surface area (Å²) in [4.78, 5) is 38.2. The van der Waals surface area contributed by atoms with E-state index >= 15 is 0 Å². The lowest BCUT2D eigenvalue weighted by molar-refractivity contribution is -0.192. The number of nitrogens with zero attached hydrogens (tertiary/aromatic N) is 7. The topological polar surface area (TPSA) is 129 Å². The minimum Gasteiger partial charge on any atom is -0.475 e. The van der Waals surface area contributed by atoms with Crippen molar-refractivity contribution in [3.63, 3.8) is 0 Å². The molecule has 0 bridgehead atoms. The highest BCUT2D eigenvalue weighted by molar-refractivity contribution is 9.10. The molecule has 2 saturated heterocycles. The van der Waals surface area contributed by atoms with Crippen molar-refractivity contribution in [1.29, 1.82) is 5.26 Å². The highest BCUT2D eigenvalue weighted by Crippen LogP contribution is 2.29. The molecule has 1 saturated carbocycles. The van der Waals surface area contributed by atoms with E-state index < -0.39 is 12.1 Å². The van der Waals surface area contributed by atoms with E-state index in [9.17, 15) is 23.2 Å². The fraction of sp³-hybridized carbons (Fsp3) is 0.594. The second-order valence-electron chi connectivity index (χ2n) is 12.5. The number of piperidine rings is 1. The van der Waals surface area contributed by atoms with Crippen LogP contribution in [-0.4, -0.2) is 107 Å². The lowest BCUT2D eigenvalue weighted by Gasteiger charge is -2.38. The lowest BCUT2D eigenvalue weighted by atomic mass is 9.97. The maximum atomic E-state index is 13.3. The Kier molecular flexibility index (Phi) is 13.4. The Bertz CT molecular complexity index is 1380. The van der Waals surface area contributed by atoms with Crippen LogP contribution in [0.1, 0.15) is 60.3 Å². The molecule has 1 aromatic heterocycles. The number of halogens is 4. The number of amides is 1. The van der Waals surface area contributed by atoms with Gasteiger partial charge >= 0.3 is 12.1 Å². The first-order valence-corrected chi connectivity index (χ1v) is 16.7. The van der Waals surface area contributed by atoms with E-state index in [-0.39, 0.29) is 11.7 Å². The molecule has 3 fully saturated rings. The van der Waals surface area contributed by atoms with Crippen molar-refractivity contribution < 1.29 is 27.9 Å². The average molecular weight is 724 g/mol. The molecule has 2 aromatic rings. The Morgan fingerprint density at radius 3 is 2.26 bits per heavy atom. The van der Waals surface area contributed by atoms with E-state index in [1.165, 1.54) is 50.9 Å². The number of nitriles is 1. The number of rotatable bonds is 9.